The van der Waals surface area contributed by atoms with Crippen LogP contribution in [-0.2, 0) is 15.0 Å². The van der Waals surface area contributed by atoms with Gasteiger partial charge in [0.1, 0.15) is 11.8 Å². The van der Waals surface area contributed by atoms with Crippen molar-refractivity contribution in [3.63, 3.8) is 0 Å². The topological polar surface area (TPSA) is 58.6 Å². The zero-order valence-electron chi connectivity index (χ0n) is 17.6. The summed E-state index contributed by atoms with van der Waals surface area (Å²) < 4.78 is 5.21. The van der Waals surface area contributed by atoms with Gasteiger partial charge in [-0.25, -0.2) is 0 Å². The number of likely N-dealkylation sites (tertiary alicyclic amines) is 1. The van der Waals surface area contributed by atoms with Crippen LogP contribution in [0, 0.1) is 5.41 Å². The Morgan fingerprint density at radius 1 is 1.15 bits per heavy atom. The van der Waals surface area contributed by atoms with Gasteiger partial charge in [0.25, 0.3) is 0 Å². The van der Waals surface area contributed by atoms with Crippen molar-refractivity contribution in [3.05, 3.63) is 29.8 Å². The quantitative estimate of drug-likeness (QED) is 0.829. The Morgan fingerprint density at radius 2 is 1.78 bits per heavy atom. The van der Waals surface area contributed by atoms with Crippen LogP contribution in [0.4, 0.5) is 0 Å². The molecule has 1 fully saturated rings. The second-order valence-corrected chi connectivity index (χ2v) is 9.31. The lowest BCUT2D eigenvalue weighted by Crippen LogP contribution is -2.49. The molecule has 1 saturated heterocycles. The monoisotopic (exact) mass is 374 g/mol. The Bertz CT molecular complexity index is 659. The largest absolute Gasteiger partial charge is 0.497 e. The summed E-state index contributed by atoms with van der Waals surface area (Å²) in [5.74, 6) is 0.850. The van der Waals surface area contributed by atoms with Gasteiger partial charge in [-0.1, -0.05) is 46.8 Å². The number of nitrogens with one attached hydrogen (secondary N) is 1. The number of hydrogen-bond donors (Lipinski definition) is 1. The van der Waals surface area contributed by atoms with E-state index in [0.29, 0.717) is 19.5 Å². The fraction of sp³-hybridized carbons (Fsp3) is 0.636. The van der Waals surface area contributed by atoms with E-state index in [0.717, 1.165) is 24.2 Å². The van der Waals surface area contributed by atoms with Gasteiger partial charge in [-0.05, 0) is 36.0 Å². The number of rotatable bonds is 6. The van der Waals surface area contributed by atoms with Gasteiger partial charge in [0.05, 0.1) is 7.11 Å². The summed E-state index contributed by atoms with van der Waals surface area (Å²) >= 11 is 0. The van der Waals surface area contributed by atoms with E-state index in [9.17, 15) is 9.59 Å². The molecule has 150 valence electrons. The second-order valence-electron chi connectivity index (χ2n) is 9.31. The molecule has 0 aliphatic carbocycles. The van der Waals surface area contributed by atoms with Gasteiger partial charge in [0.2, 0.25) is 11.8 Å². The van der Waals surface area contributed by atoms with E-state index in [1.165, 1.54) is 0 Å². The average molecular weight is 375 g/mol. The summed E-state index contributed by atoms with van der Waals surface area (Å²) in [7, 11) is 1.65. The average Bonchev–Trinajstić information content (AvgIpc) is 3.08. The van der Waals surface area contributed by atoms with Crippen LogP contribution in [0.5, 0.6) is 5.75 Å². The van der Waals surface area contributed by atoms with Crippen molar-refractivity contribution < 1.29 is 14.3 Å². The molecule has 1 aromatic rings. The predicted octanol–water partition coefficient (Wildman–Crippen LogP) is 3.52. The smallest absolute Gasteiger partial charge is 0.242 e. The van der Waals surface area contributed by atoms with Crippen molar-refractivity contribution in [2.45, 2.75) is 65.3 Å². The number of methoxy groups -OCH3 is 1. The molecule has 1 aliphatic rings. The van der Waals surface area contributed by atoms with E-state index in [4.69, 9.17) is 4.74 Å². The van der Waals surface area contributed by atoms with E-state index < -0.39 is 0 Å². The highest BCUT2D eigenvalue weighted by molar-refractivity contribution is 5.88. The van der Waals surface area contributed by atoms with E-state index in [1.54, 1.807) is 12.0 Å². The van der Waals surface area contributed by atoms with Crippen molar-refractivity contribution >= 4 is 11.8 Å². The van der Waals surface area contributed by atoms with Gasteiger partial charge < -0.3 is 15.0 Å². The molecule has 0 bridgehead atoms. The molecule has 0 unspecified atom stereocenters. The second kappa shape index (κ2) is 8.32. The van der Waals surface area contributed by atoms with Crippen molar-refractivity contribution in [2.24, 2.45) is 5.41 Å². The summed E-state index contributed by atoms with van der Waals surface area (Å²) in [6, 6.07) is 7.58. The van der Waals surface area contributed by atoms with Gasteiger partial charge in [-0.15, -0.1) is 0 Å². The molecule has 0 radical (unpaired) electrons. The van der Waals surface area contributed by atoms with Crippen LogP contribution >= 0.6 is 0 Å². The lowest BCUT2D eigenvalue weighted by Gasteiger charge is -2.30. The maximum Gasteiger partial charge on any atom is 0.242 e. The van der Waals surface area contributed by atoms with E-state index in [2.05, 4.69) is 19.2 Å². The Balaban J connectivity index is 1.97. The molecule has 0 spiro atoms. The molecule has 5 nitrogen and oxygen atoms in total. The summed E-state index contributed by atoms with van der Waals surface area (Å²) in [4.78, 5) is 27.1. The minimum atomic E-state index is -0.341. The van der Waals surface area contributed by atoms with Crippen LogP contribution in [0.25, 0.3) is 0 Å². The van der Waals surface area contributed by atoms with E-state index in [1.807, 2.05) is 45.0 Å². The molecule has 1 N–H and O–H groups in total. The number of amides is 2. The maximum absolute atomic E-state index is 12.8. The van der Waals surface area contributed by atoms with Gasteiger partial charge >= 0.3 is 0 Å². The third-order valence-electron chi connectivity index (χ3n) is 5.13. The molecule has 1 aliphatic heterocycles. The van der Waals surface area contributed by atoms with Crippen molar-refractivity contribution in [1.29, 1.82) is 0 Å². The molecule has 27 heavy (non-hydrogen) atoms. The summed E-state index contributed by atoms with van der Waals surface area (Å²) in [5.41, 5.74) is 0.855. The molecular formula is C22H34N2O3. The maximum atomic E-state index is 12.8. The number of carbonyl (C=O) groups excluding carboxylic acids is 2. The number of carbonyl (C=O) groups is 2. The first-order valence-corrected chi connectivity index (χ1v) is 9.75. The lowest BCUT2D eigenvalue weighted by molar-refractivity contribution is -0.139. The van der Waals surface area contributed by atoms with E-state index in [-0.39, 0.29) is 28.7 Å². The van der Waals surface area contributed by atoms with Gasteiger partial charge in [0.15, 0.2) is 0 Å². The number of hydrogen-bond acceptors (Lipinski definition) is 3. The minimum Gasteiger partial charge on any atom is -0.497 e. The van der Waals surface area contributed by atoms with Crippen LogP contribution in [0.3, 0.4) is 0 Å². The van der Waals surface area contributed by atoms with Crippen molar-refractivity contribution in [2.75, 3.05) is 20.2 Å². The molecule has 0 aromatic heterocycles. The molecular weight excluding hydrogens is 340 g/mol. The Kier molecular flexibility index (Phi) is 6.55. The molecule has 1 heterocycles. The highest BCUT2D eigenvalue weighted by Gasteiger charge is 2.35. The molecule has 0 saturated carbocycles. The highest BCUT2D eigenvalue weighted by Crippen LogP contribution is 2.27. The summed E-state index contributed by atoms with van der Waals surface area (Å²) in [6.45, 7) is 11.6. The first-order valence-electron chi connectivity index (χ1n) is 9.75. The van der Waals surface area contributed by atoms with Crippen LogP contribution in [-0.4, -0.2) is 43.0 Å². The predicted molar refractivity (Wildman–Crippen MR) is 108 cm³/mol. The Morgan fingerprint density at radius 3 is 2.33 bits per heavy atom. The van der Waals surface area contributed by atoms with Gasteiger partial charge in [0, 0.05) is 24.9 Å². The molecule has 1 atom stereocenters. The SMILES string of the molecule is COc1ccc(C(C)(C)CNC(=O)[C@H]2CCCN2C(=O)CC(C)(C)C)cc1. The van der Waals surface area contributed by atoms with Gasteiger partial charge in [-0.3, -0.25) is 9.59 Å². The Hall–Kier alpha value is -2.04. The normalized spacial score (nSPS) is 17.7. The third-order valence-corrected chi connectivity index (χ3v) is 5.13. The van der Waals surface area contributed by atoms with E-state index >= 15 is 0 Å². The van der Waals surface area contributed by atoms with Crippen molar-refractivity contribution in [1.82, 2.24) is 10.2 Å². The van der Waals surface area contributed by atoms with Crippen molar-refractivity contribution in [3.8, 4) is 5.75 Å². The first kappa shape index (κ1) is 21.3. The van der Waals surface area contributed by atoms with Crippen LogP contribution in [0.2, 0.25) is 0 Å². The number of ether oxygens (including phenoxy) is 1. The van der Waals surface area contributed by atoms with Gasteiger partial charge in [-0.2, -0.15) is 0 Å². The zero-order chi connectivity index (χ0) is 20.2. The number of benzene rings is 1. The van der Waals surface area contributed by atoms with Crippen LogP contribution < -0.4 is 10.1 Å². The molecule has 5 heteroatoms. The first-order chi connectivity index (χ1) is 12.5. The molecule has 2 rings (SSSR count). The highest BCUT2D eigenvalue weighted by atomic mass is 16.5. The number of nitrogens with zero attached hydrogens (tertiary/aromatic N) is 1. The fourth-order valence-electron chi connectivity index (χ4n) is 3.46. The molecule has 2 amide bonds. The zero-order valence-corrected chi connectivity index (χ0v) is 17.6. The lowest BCUT2D eigenvalue weighted by atomic mass is 9.84. The third kappa shape index (κ3) is 5.72. The fourth-order valence-corrected chi connectivity index (χ4v) is 3.46. The summed E-state index contributed by atoms with van der Waals surface area (Å²) in [5, 5.41) is 3.08. The van der Waals surface area contributed by atoms with Crippen LogP contribution in [0.1, 0.15) is 59.4 Å². The minimum absolute atomic E-state index is 0.0451. The molecule has 1 aromatic carbocycles. The standard InChI is InChI=1S/C22H34N2O3/c1-21(2,3)14-19(25)24-13-7-8-18(24)20(26)23-15-22(4,5)16-9-11-17(27-6)12-10-16/h9-12,18H,7-8,13-15H2,1-6H3,(H,23,26)/t18-/m1/s1. The summed E-state index contributed by atoms with van der Waals surface area (Å²) in [6.07, 6.45) is 2.09. The Labute approximate surface area is 163 Å². The van der Waals surface area contributed by atoms with Crippen LogP contribution in [0.15, 0.2) is 24.3 Å².